The van der Waals surface area contributed by atoms with Crippen LogP contribution in [0.2, 0.25) is 5.02 Å². The van der Waals surface area contributed by atoms with Gasteiger partial charge in [0.2, 0.25) is 0 Å². The highest BCUT2D eigenvalue weighted by atomic mass is 35.5. The van der Waals surface area contributed by atoms with Gasteiger partial charge in [-0.1, -0.05) is 30.7 Å². The lowest BCUT2D eigenvalue weighted by Gasteiger charge is -2.11. The summed E-state index contributed by atoms with van der Waals surface area (Å²) in [6.45, 7) is 3.46. The molecule has 2 aromatic rings. The van der Waals surface area contributed by atoms with Gasteiger partial charge in [-0.3, -0.25) is 0 Å². The Morgan fingerprint density at radius 3 is 2.80 bits per heavy atom. The van der Waals surface area contributed by atoms with Crippen molar-refractivity contribution < 1.29 is 4.74 Å². The zero-order valence-corrected chi connectivity index (χ0v) is 12.3. The monoisotopic (exact) mass is 290 g/mol. The van der Waals surface area contributed by atoms with E-state index >= 15 is 0 Å². The van der Waals surface area contributed by atoms with Crippen molar-refractivity contribution in [3.8, 4) is 5.75 Å². The molecule has 0 radical (unpaired) electrons. The quantitative estimate of drug-likeness (QED) is 0.779. The molecule has 0 saturated carbocycles. The molecular formula is C16H19ClN2O. The molecule has 3 nitrogen and oxygen atoms in total. The number of halogens is 1. The summed E-state index contributed by atoms with van der Waals surface area (Å²) in [7, 11) is 0. The Hall–Kier alpha value is -1.87. The molecule has 0 unspecified atom stereocenters. The molecular weight excluding hydrogens is 272 g/mol. The molecule has 0 spiro atoms. The van der Waals surface area contributed by atoms with Gasteiger partial charge in [0.25, 0.3) is 0 Å². The SMILES string of the molecule is CCCOc1cc(N)cc(NCc2cccc(Cl)c2)c1. The van der Waals surface area contributed by atoms with Crippen molar-refractivity contribution in [2.75, 3.05) is 17.7 Å². The maximum atomic E-state index is 5.97. The van der Waals surface area contributed by atoms with Gasteiger partial charge in [-0.15, -0.1) is 0 Å². The largest absolute Gasteiger partial charge is 0.493 e. The number of rotatable bonds is 6. The second-order valence-electron chi connectivity index (χ2n) is 4.62. The van der Waals surface area contributed by atoms with E-state index in [4.69, 9.17) is 22.1 Å². The van der Waals surface area contributed by atoms with Crippen molar-refractivity contribution in [1.29, 1.82) is 0 Å². The molecule has 4 heteroatoms. The Bertz CT molecular complexity index is 572. The number of hydrogen-bond donors (Lipinski definition) is 2. The summed E-state index contributed by atoms with van der Waals surface area (Å²) in [5.41, 5.74) is 8.63. The highest BCUT2D eigenvalue weighted by Gasteiger charge is 2.01. The van der Waals surface area contributed by atoms with Gasteiger partial charge in [0.15, 0.2) is 0 Å². The third kappa shape index (κ3) is 4.35. The van der Waals surface area contributed by atoms with Crippen molar-refractivity contribution in [1.82, 2.24) is 0 Å². The Balaban J connectivity index is 2.03. The van der Waals surface area contributed by atoms with Crippen LogP contribution in [-0.2, 0) is 6.54 Å². The number of benzene rings is 2. The molecule has 3 N–H and O–H groups in total. The zero-order chi connectivity index (χ0) is 14.4. The first-order valence-corrected chi connectivity index (χ1v) is 7.07. The van der Waals surface area contributed by atoms with E-state index in [1.54, 1.807) is 0 Å². The molecule has 2 rings (SSSR count). The predicted molar refractivity (Wildman–Crippen MR) is 85.4 cm³/mol. The smallest absolute Gasteiger partial charge is 0.123 e. The third-order valence-electron chi connectivity index (χ3n) is 2.79. The number of ether oxygens (including phenoxy) is 1. The van der Waals surface area contributed by atoms with E-state index in [1.165, 1.54) is 0 Å². The fraction of sp³-hybridized carbons (Fsp3) is 0.250. The number of hydrogen-bond acceptors (Lipinski definition) is 3. The summed E-state index contributed by atoms with van der Waals surface area (Å²) in [6.07, 6.45) is 0.972. The van der Waals surface area contributed by atoms with Crippen LogP contribution in [0.1, 0.15) is 18.9 Å². The van der Waals surface area contributed by atoms with Crippen LogP contribution in [-0.4, -0.2) is 6.61 Å². The Labute approximate surface area is 124 Å². The van der Waals surface area contributed by atoms with E-state index in [0.29, 0.717) is 18.8 Å². The summed E-state index contributed by atoms with van der Waals surface area (Å²) in [5, 5.41) is 4.07. The number of nitrogens with one attached hydrogen (secondary N) is 1. The van der Waals surface area contributed by atoms with Gasteiger partial charge in [0.1, 0.15) is 5.75 Å². The number of anilines is 2. The topological polar surface area (TPSA) is 47.3 Å². The van der Waals surface area contributed by atoms with E-state index in [0.717, 1.165) is 28.4 Å². The highest BCUT2D eigenvalue weighted by Crippen LogP contribution is 2.23. The van der Waals surface area contributed by atoms with Gasteiger partial charge in [-0.05, 0) is 30.2 Å². The standard InChI is InChI=1S/C16H19ClN2O/c1-2-6-20-16-9-14(18)8-15(10-16)19-11-12-4-3-5-13(17)7-12/h3-5,7-10,19H,2,6,11,18H2,1H3. The molecule has 0 aliphatic heterocycles. The predicted octanol–water partition coefficient (Wildman–Crippen LogP) is 4.32. The summed E-state index contributed by atoms with van der Waals surface area (Å²) in [5.74, 6) is 0.792. The first-order valence-electron chi connectivity index (χ1n) is 6.69. The molecule has 0 amide bonds. The minimum atomic E-state index is 0.687. The summed E-state index contributed by atoms with van der Waals surface area (Å²) in [6, 6.07) is 13.5. The molecule has 2 aromatic carbocycles. The molecule has 0 aliphatic carbocycles. The average molecular weight is 291 g/mol. The van der Waals surface area contributed by atoms with E-state index in [2.05, 4.69) is 12.2 Å². The minimum Gasteiger partial charge on any atom is -0.493 e. The van der Waals surface area contributed by atoms with Crippen LogP contribution >= 0.6 is 11.6 Å². The maximum Gasteiger partial charge on any atom is 0.123 e. The third-order valence-corrected chi connectivity index (χ3v) is 3.02. The molecule has 0 atom stereocenters. The van der Waals surface area contributed by atoms with Crippen LogP contribution in [0.4, 0.5) is 11.4 Å². The molecule has 0 aliphatic rings. The fourth-order valence-electron chi connectivity index (χ4n) is 1.88. The van der Waals surface area contributed by atoms with Crippen LogP contribution in [0.15, 0.2) is 42.5 Å². The van der Waals surface area contributed by atoms with E-state index < -0.39 is 0 Å². The van der Waals surface area contributed by atoms with Gasteiger partial charge < -0.3 is 15.8 Å². The van der Waals surface area contributed by atoms with E-state index in [-0.39, 0.29) is 0 Å². The lowest BCUT2D eigenvalue weighted by atomic mass is 10.2. The first-order chi connectivity index (χ1) is 9.67. The molecule has 0 fully saturated rings. The Morgan fingerprint density at radius 1 is 1.20 bits per heavy atom. The van der Waals surface area contributed by atoms with Crippen LogP contribution in [0.25, 0.3) is 0 Å². The normalized spacial score (nSPS) is 10.3. The van der Waals surface area contributed by atoms with Crippen LogP contribution in [0, 0.1) is 0 Å². The number of nitrogen functional groups attached to an aromatic ring is 1. The zero-order valence-electron chi connectivity index (χ0n) is 11.5. The van der Waals surface area contributed by atoms with Crippen molar-refractivity contribution in [2.45, 2.75) is 19.9 Å². The van der Waals surface area contributed by atoms with Crippen molar-refractivity contribution >= 4 is 23.0 Å². The van der Waals surface area contributed by atoms with E-state index in [9.17, 15) is 0 Å². The van der Waals surface area contributed by atoms with Gasteiger partial charge in [0, 0.05) is 35.1 Å². The van der Waals surface area contributed by atoms with Gasteiger partial charge in [0.05, 0.1) is 6.61 Å². The molecule has 106 valence electrons. The highest BCUT2D eigenvalue weighted by molar-refractivity contribution is 6.30. The van der Waals surface area contributed by atoms with Crippen molar-refractivity contribution in [3.63, 3.8) is 0 Å². The van der Waals surface area contributed by atoms with Crippen LogP contribution in [0.5, 0.6) is 5.75 Å². The first kappa shape index (κ1) is 14.5. The number of nitrogens with two attached hydrogens (primary N) is 1. The maximum absolute atomic E-state index is 5.97. The van der Waals surface area contributed by atoms with Gasteiger partial charge in [-0.25, -0.2) is 0 Å². The van der Waals surface area contributed by atoms with E-state index in [1.807, 2.05) is 42.5 Å². The van der Waals surface area contributed by atoms with Gasteiger partial charge >= 0.3 is 0 Å². The Morgan fingerprint density at radius 2 is 2.05 bits per heavy atom. The summed E-state index contributed by atoms with van der Waals surface area (Å²) < 4.78 is 5.61. The van der Waals surface area contributed by atoms with Crippen LogP contribution < -0.4 is 15.8 Å². The lowest BCUT2D eigenvalue weighted by Crippen LogP contribution is -2.02. The van der Waals surface area contributed by atoms with Crippen LogP contribution in [0.3, 0.4) is 0 Å². The minimum absolute atomic E-state index is 0.687. The molecule has 0 saturated heterocycles. The molecule has 0 bridgehead atoms. The molecule has 0 aromatic heterocycles. The van der Waals surface area contributed by atoms with Gasteiger partial charge in [-0.2, -0.15) is 0 Å². The summed E-state index contributed by atoms with van der Waals surface area (Å²) >= 11 is 5.97. The molecule has 20 heavy (non-hydrogen) atoms. The van der Waals surface area contributed by atoms with Crippen molar-refractivity contribution in [2.24, 2.45) is 0 Å². The summed E-state index contributed by atoms with van der Waals surface area (Å²) in [4.78, 5) is 0. The lowest BCUT2D eigenvalue weighted by molar-refractivity contribution is 0.318. The average Bonchev–Trinajstić information content (AvgIpc) is 2.42. The Kier molecular flexibility index (Phi) is 5.13. The second kappa shape index (κ2) is 7.06. The van der Waals surface area contributed by atoms with Crippen molar-refractivity contribution in [3.05, 3.63) is 53.1 Å². The fourth-order valence-corrected chi connectivity index (χ4v) is 2.09. The molecule has 0 heterocycles. The second-order valence-corrected chi connectivity index (χ2v) is 5.06.